The molecule has 0 aliphatic carbocycles. The molecule has 0 unspecified atom stereocenters. The molecule has 0 aliphatic rings. The first-order chi connectivity index (χ1) is 19.1. The highest BCUT2D eigenvalue weighted by Gasteiger charge is 2.10. The molecule has 206 valence electrons. The Morgan fingerprint density at radius 3 is 2.00 bits per heavy atom. The fraction of sp³-hybridized carbons (Fsp3) is 0.344. The average Bonchev–Trinajstić information content (AvgIpc) is 2.97. The Labute approximate surface area is 230 Å². The minimum atomic E-state index is -0.427. The van der Waals surface area contributed by atoms with Gasteiger partial charge in [0.15, 0.2) is 0 Å². The van der Waals surface area contributed by atoms with Crippen molar-refractivity contribution in [1.82, 2.24) is 4.98 Å². The summed E-state index contributed by atoms with van der Waals surface area (Å²) in [6, 6.07) is 18.0. The Morgan fingerprint density at radius 2 is 1.36 bits per heavy atom. The number of ether oxygens (including phenoxy) is 4. The number of pyridine rings is 1. The van der Waals surface area contributed by atoms with Gasteiger partial charge in [0.2, 0.25) is 0 Å². The van der Waals surface area contributed by atoms with Crippen LogP contribution in [0.1, 0.15) is 62.2 Å². The van der Waals surface area contributed by atoms with Gasteiger partial charge in [-0.05, 0) is 79.9 Å². The molecule has 0 amide bonds. The number of carbonyl (C=O) groups excluding carboxylic acids is 2. The Morgan fingerprint density at radius 1 is 0.744 bits per heavy atom. The van der Waals surface area contributed by atoms with Gasteiger partial charge in [0.1, 0.15) is 17.2 Å². The first-order valence-corrected chi connectivity index (χ1v) is 13.5. The highest BCUT2D eigenvalue weighted by atomic mass is 16.5. The third kappa shape index (κ3) is 10.6. The third-order valence-electron chi connectivity index (χ3n) is 5.88. The smallest absolute Gasteiger partial charge is 0.343 e. The normalized spacial score (nSPS) is 10.5. The van der Waals surface area contributed by atoms with Crippen LogP contribution in [0.15, 0.2) is 79.5 Å². The van der Waals surface area contributed by atoms with E-state index in [0.717, 1.165) is 67.7 Å². The van der Waals surface area contributed by atoms with E-state index in [-0.39, 0.29) is 5.97 Å². The summed E-state index contributed by atoms with van der Waals surface area (Å²) in [6.07, 6.45) is 9.99. The maximum atomic E-state index is 12.6. The molecule has 7 heteroatoms. The van der Waals surface area contributed by atoms with Crippen LogP contribution < -0.4 is 14.2 Å². The molecular weight excluding hydrogens is 494 g/mol. The molecule has 2 aromatic carbocycles. The zero-order chi connectivity index (χ0) is 27.7. The van der Waals surface area contributed by atoms with E-state index in [0.29, 0.717) is 31.1 Å². The van der Waals surface area contributed by atoms with Crippen molar-refractivity contribution in [2.45, 2.75) is 51.9 Å². The van der Waals surface area contributed by atoms with Gasteiger partial charge in [-0.15, -0.1) is 0 Å². The average molecular weight is 532 g/mol. The van der Waals surface area contributed by atoms with Crippen molar-refractivity contribution in [3.8, 4) is 28.5 Å². The second kappa shape index (κ2) is 16.7. The molecule has 3 rings (SSSR count). The SMILES string of the molecule is C=CC(=O)OCCCCCCCCOc1ccc(C(=O)Oc2ccc(-c3ccc(OCCC)cn3)cc2)cc1. The van der Waals surface area contributed by atoms with Crippen LogP contribution in [0.5, 0.6) is 17.2 Å². The van der Waals surface area contributed by atoms with Gasteiger partial charge in [-0.25, -0.2) is 9.59 Å². The number of rotatable bonds is 17. The second-order valence-electron chi connectivity index (χ2n) is 9.01. The summed E-state index contributed by atoms with van der Waals surface area (Å²) in [4.78, 5) is 28.0. The van der Waals surface area contributed by atoms with Crippen LogP contribution >= 0.6 is 0 Å². The molecule has 0 fully saturated rings. The number of hydrogen-bond donors (Lipinski definition) is 0. The molecule has 0 saturated heterocycles. The van der Waals surface area contributed by atoms with Crippen LogP contribution in [0.4, 0.5) is 0 Å². The molecule has 0 atom stereocenters. The molecule has 7 nitrogen and oxygen atoms in total. The molecule has 1 heterocycles. The molecule has 0 aliphatic heterocycles. The molecule has 0 saturated carbocycles. The van der Waals surface area contributed by atoms with Crippen molar-refractivity contribution in [2.75, 3.05) is 19.8 Å². The molecule has 0 radical (unpaired) electrons. The van der Waals surface area contributed by atoms with Crippen LogP contribution in [-0.4, -0.2) is 36.7 Å². The van der Waals surface area contributed by atoms with Gasteiger partial charge in [0.25, 0.3) is 0 Å². The van der Waals surface area contributed by atoms with Crippen LogP contribution in [-0.2, 0) is 9.53 Å². The minimum Gasteiger partial charge on any atom is -0.494 e. The fourth-order valence-corrected chi connectivity index (χ4v) is 3.74. The molecule has 3 aromatic rings. The third-order valence-corrected chi connectivity index (χ3v) is 5.88. The number of carbonyl (C=O) groups is 2. The molecular formula is C32H37NO6. The van der Waals surface area contributed by atoms with Crippen LogP contribution in [0.25, 0.3) is 11.3 Å². The lowest BCUT2D eigenvalue weighted by atomic mass is 10.1. The van der Waals surface area contributed by atoms with Gasteiger partial charge < -0.3 is 18.9 Å². The van der Waals surface area contributed by atoms with E-state index in [1.807, 2.05) is 24.3 Å². The second-order valence-corrected chi connectivity index (χ2v) is 9.01. The van der Waals surface area contributed by atoms with Gasteiger partial charge >= 0.3 is 11.9 Å². The topological polar surface area (TPSA) is 84.0 Å². The first kappa shape index (κ1) is 29.4. The van der Waals surface area contributed by atoms with E-state index in [4.69, 9.17) is 18.9 Å². The lowest BCUT2D eigenvalue weighted by Crippen LogP contribution is -2.08. The maximum absolute atomic E-state index is 12.6. The fourth-order valence-electron chi connectivity index (χ4n) is 3.74. The quantitative estimate of drug-likeness (QED) is 0.0788. The minimum absolute atomic E-state index is 0.364. The predicted octanol–water partition coefficient (Wildman–Crippen LogP) is 7.21. The molecule has 0 spiro atoms. The predicted molar refractivity (Wildman–Crippen MR) is 151 cm³/mol. The standard InChI is InChI=1S/C32H37NO6/c1-3-21-36-29-19-20-30(33-24-29)25-11-17-28(18-12-25)39-32(35)26-13-15-27(16-14-26)37-22-9-7-5-6-8-10-23-38-31(34)4-2/h4,11-20,24H,2-3,5-10,21-23H2,1H3. The molecule has 1 aromatic heterocycles. The monoisotopic (exact) mass is 531 g/mol. The van der Waals surface area contributed by atoms with Crippen molar-refractivity contribution in [3.63, 3.8) is 0 Å². The Balaban J connectivity index is 1.34. The molecule has 0 N–H and O–H groups in total. The number of hydrogen-bond acceptors (Lipinski definition) is 7. The number of nitrogens with zero attached hydrogens (tertiary/aromatic N) is 1. The molecule has 0 bridgehead atoms. The lowest BCUT2D eigenvalue weighted by Gasteiger charge is -2.09. The summed E-state index contributed by atoms with van der Waals surface area (Å²) >= 11 is 0. The number of esters is 2. The summed E-state index contributed by atoms with van der Waals surface area (Å²) < 4.78 is 21.8. The number of aromatic nitrogens is 1. The summed E-state index contributed by atoms with van der Waals surface area (Å²) in [7, 11) is 0. The number of benzene rings is 2. The van der Waals surface area contributed by atoms with E-state index in [1.165, 1.54) is 6.08 Å². The maximum Gasteiger partial charge on any atom is 0.343 e. The Hall–Kier alpha value is -4.13. The van der Waals surface area contributed by atoms with Crippen molar-refractivity contribution in [2.24, 2.45) is 0 Å². The highest BCUT2D eigenvalue weighted by Crippen LogP contribution is 2.23. The van der Waals surface area contributed by atoms with Crippen molar-refractivity contribution in [1.29, 1.82) is 0 Å². The van der Waals surface area contributed by atoms with Gasteiger partial charge in [-0.1, -0.05) is 39.2 Å². The van der Waals surface area contributed by atoms with E-state index in [9.17, 15) is 9.59 Å². The van der Waals surface area contributed by atoms with Crippen molar-refractivity contribution in [3.05, 3.63) is 85.1 Å². The number of unbranched alkanes of at least 4 members (excludes halogenated alkanes) is 5. The summed E-state index contributed by atoms with van der Waals surface area (Å²) in [5.74, 6) is 1.14. The Bertz CT molecular complexity index is 1160. The van der Waals surface area contributed by atoms with Gasteiger partial charge in [0, 0.05) is 11.6 Å². The zero-order valence-corrected chi connectivity index (χ0v) is 22.6. The van der Waals surface area contributed by atoms with Gasteiger partial charge in [-0.3, -0.25) is 4.98 Å². The lowest BCUT2D eigenvalue weighted by molar-refractivity contribution is -0.137. The van der Waals surface area contributed by atoms with E-state index < -0.39 is 5.97 Å². The van der Waals surface area contributed by atoms with Crippen LogP contribution in [0.3, 0.4) is 0 Å². The van der Waals surface area contributed by atoms with Crippen LogP contribution in [0.2, 0.25) is 0 Å². The van der Waals surface area contributed by atoms with Gasteiger partial charge in [-0.2, -0.15) is 0 Å². The first-order valence-electron chi connectivity index (χ1n) is 13.5. The van der Waals surface area contributed by atoms with Crippen molar-refractivity contribution >= 4 is 11.9 Å². The Kier molecular flexibility index (Phi) is 12.6. The highest BCUT2D eigenvalue weighted by molar-refractivity contribution is 5.91. The summed E-state index contributed by atoms with van der Waals surface area (Å²) in [6.45, 7) is 7.17. The summed E-state index contributed by atoms with van der Waals surface area (Å²) in [5.41, 5.74) is 2.19. The summed E-state index contributed by atoms with van der Waals surface area (Å²) in [5, 5.41) is 0. The van der Waals surface area contributed by atoms with Gasteiger partial charge in [0.05, 0.1) is 37.3 Å². The van der Waals surface area contributed by atoms with E-state index in [2.05, 4.69) is 18.5 Å². The van der Waals surface area contributed by atoms with E-state index in [1.54, 1.807) is 42.6 Å². The largest absolute Gasteiger partial charge is 0.494 e. The van der Waals surface area contributed by atoms with Crippen LogP contribution in [0, 0.1) is 0 Å². The zero-order valence-electron chi connectivity index (χ0n) is 22.6. The molecule has 39 heavy (non-hydrogen) atoms. The van der Waals surface area contributed by atoms with E-state index >= 15 is 0 Å². The van der Waals surface area contributed by atoms with Crippen molar-refractivity contribution < 1.29 is 28.5 Å².